The third-order valence-corrected chi connectivity index (χ3v) is 3.48. The SMILES string of the molecule is CNC1c2c(Br)ccc(Cl)c2OC1C. The van der Waals surface area contributed by atoms with Crippen molar-refractivity contribution in [2.45, 2.75) is 19.1 Å². The maximum atomic E-state index is 6.06. The molecule has 1 aromatic rings. The van der Waals surface area contributed by atoms with E-state index in [-0.39, 0.29) is 12.1 Å². The van der Waals surface area contributed by atoms with Crippen molar-refractivity contribution in [3.05, 3.63) is 27.2 Å². The number of benzene rings is 1. The lowest BCUT2D eigenvalue weighted by Crippen LogP contribution is -2.25. The van der Waals surface area contributed by atoms with Gasteiger partial charge >= 0.3 is 0 Å². The Kier molecular flexibility index (Phi) is 2.73. The predicted molar refractivity (Wildman–Crippen MR) is 61.0 cm³/mol. The normalized spacial score (nSPS) is 24.6. The number of likely N-dealkylation sites (N-methyl/N-ethyl adjacent to an activating group) is 1. The molecule has 76 valence electrons. The average Bonchev–Trinajstić information content (AvgIpc) is 2.50. The summed E-state index contributed by atoms with van der Waals surface area (Å²) in [4.78, 5) is 0. The molecule has 1 aliphatic rings. The van der Waals surface area contributed by atoms with Crippen LogP contribution in [0.4, 0.5) is 0 Å². The van der Waals surface area contributed by atoms with E-state index in [1.807, 2.05) is 26.1 Å². The minimum atomic E-state index is 0.117. The quantitative estimate of drug-likeness (QED) is 0.851. The summed E-state index contributed by atoms with van der Waals surface area (Å²) in [5.74, 6) is 0.799. The molecule has 0 saturated heterocycles. The highest BCUT2D eigenvalue weighted by molar-refractivity contribution is 9.10. The summed E-state index contributed by atoms with van der Waals surface area (Å²) < 4.78 is 6.74. The van der Waals surface area contributed by atoms with Gasteiger partial charge in [0.2, 0.25) is 0 Å². The minimum Gasteiger partial charge on any atom is -0.487 e. The molecule has 0 spiro atoms. The minimum absolute atomic E-state index is 0.117. The first-order valence-corrected chi connectivity index (χ1v) is 5.64. The summed E-state index contributed by atoms with van der Waals surface area (Å²) in [5.41, 5.74) is 1.12. The number of halogens is 2. The maximum Gasteiger partial charge on any atom is 0.144 e. The molecule has 4 heteroatoms. The smallest absolute Gasteiger partial charge is 0.144 e. The number of rotatable bonds is 1. The molecule has 0 saturated carbocycles. The van der Waals surface area contributed by atoms with Crippen LogP contribution in [-0.2, 0) is 0 Å². The predicted octanol–water partition coefficient (Wildman–Crippen LogP) is 3.14. The van der Waals surface area contributed by atoms with Gasteiger partial charge < -0.3 is 10.1 Å². The number of hydrogen-bond acceptors (Lipinski definition) is 2. The Morgan fingerprint density at radius 1 is 1.50 bits per heavy atom. The topological polar surface area (TPSA) is 21.3 Å². The van der Waals surface area contributed by atoms with E-state index in [4.69, 9.17) is 16.3 Å². The van der Waals surface area contributed by atoms with Crippen LogP contribution in [0.15, 0.2) is 16.6 Å². The second kappa shape index (κ2) is 3.72. The van der Waals surface area contributed by atoms with E-state index in [9.17, 15) is 0 Å². The number of ether oxygens (including phenoxy) is 1. The van der Waals surface area contributed by atoms with Gasteiger partial charge in [-0.15, -0.1) is 0 Å². The molecular weight excluding hydrogens is 265 g/mol. The fraction of sp³-hybridized carbons (Fsp3) is 0.400. The fourth-order valence-electron chi connectivity index (χ4n) is 1.83. The number of nitrogens with one attached hydrogen (secondary N) is 1. The van der Waals surface area contributed by atoms with Crippen molar-refractivity contribution in [3.63, 3.8) is 0 Å². The molecule has 0 fully saturated rings. The zero-order valence-electron chi connectivity index (χ0n) is 7.97. The van der Waals surface area contributed by atoms with Gasteiger partial charge in [0.15, 0.2) is 0 Å². The average molecular weight is 277 g/mol. The summed E-state index contributed by atoms with van der Waals surface area (Å²) in [6.45, 7) is 2.03. The second-order valence-electron chi connectivity index (χ2n) is 3.36. The van der Waals surface area contributed by atoms with Crippen LogP contribution in [0.3, 0.4) is 0 Å². The first kappa shape index (κ1) is 10.3. The number of fused-ring (bicyclic) bond motifs is 1. The van der Waals surface area contributed by atoms with Gasteiger partial charge in [-0.3, -0.25) is 0 Å². The molecule has 0 amide bonds. The van der Waals surface area contributed by atoms with Gasteiger partial charge in [0, 0.05) is 10.0 Å². The Morgan fingerprint density at radius 3 is 2.86 bits per heavy atom. The third kappa shape index (κ3) is 1.44. The molecule has 1 aliphatic heterocycles. The van der Waals surface area contributed by atoms with Crippen LogP contribution in [0.1, 0.15) is 18.5 Å². The summed E-state index contributed by atoms with van der Waals surface area (Å²) in [6, 6.07) is 4.00. The summed E-state index contributed by atoms with van der Waals surface area (Å²) in [5, 5.41) is 3.90. The Bertz CT molecular complexity index is 369. The zero-order chi connectivity index (χ0) is 10.3. The highest BCUT2D eigenvalue weighted by atomic mass is 79.9. The van der Waals surface area contributed by atoms with Crippen molar-refractivity contribution in [2.24, 2.45) is 0 Å². The van der Waals surface area contributed by atoms with Crippen molar-refractivity contribution < 1.29 is 4.74 Å². The first-order chi connectivity index (χ1) is 6.65. The van der Waals surface area contributed by atoms with Crippen LogP contribution < -0.4 is 10.1 Å². The molecule has 0 radical (unpaired) electrons. The highest BCUT2D eigenvalue weighted by Crippen LogP contribution is 2.45. The van der Waals surface area contributed by atoms with Gasteiger partial charge in [0.1, 0.15) is 11.9 Å². The van der Waals surface area contributed by atoms with Crippen LogP contribution in [0.25, 0.3) is 0 Å². The van der Waals surface area contributed by atoms with Gasteiger partial charge in [0.25, 0.3) is 0 Å². The number of hydrogen-bond donors (Lipinski definition) is 1. The molecule has 2 unspecified atom stereocenters. The Morgan fingerprint density at radius 2 is 2.21 bits per heavy atom. The summed E-state index contributed by atoms with van der Waals surface area (Å²) >= 11 is 9.57. The van der Waals surface area contributed by atoms with E-state index in [0.29, 0.717) is 5.02 Å². The van der Waals surface area contributed by atoms with Gasteiger partial charge in [-0.1, -0.05) is 27.5 Å². The zero-order valence-corrected chi connectivity index (χ0v) is 10.3. The second-order valence-corrected chi connectivity index (χ2v) is 4.62. The van der Waals surface area contributed by atoms with Gasteiger partial charge in [-0.2, -0.15) is 0 Å². The summed E-state index contributed by atoms with van der Waals surface area (Å²) in [6.07, 6.45) is 0.117. The van der Waals surface area contributed by atoms with Crippen LogP contribution in [-0.4, -0.2) is 13.2 Å². The highest BCUT2D eigenvalue weighted by Gasteiger charge is 2.33. The van der Waals surface area contributed by atoms with Gasteiger partial charge in [-0.05, 0) is 26.1 Å². The maximum absolute atomic E-state index is 6.06. The first-order valence-electron chi connectivity index (χ1n) is 4.47. The largest absolute Gasteiger partial charge is 0.487 e. The molecule has 1 N–H and O–H groups in total. The molecule has 1 aromatic carbocycles. The van der Waals surface area contributed by atoms with Crippen molar-refractivity contribution in [1.29, 1.82) is 0 Å². The molecule has 2 nitrogen and oxygen atoms in total. The molecule has 1 heterocycles. The Balaban J connectivity index is 2.57. The fourth-order valence-corrected chi connectivity index (χ4v) is 2.59. The van der Waals surface area contributed by atoms with Crippen LogP contribution in [0.5, 0.6) is 5.75 Å². The van der Waals surface area contributed by atoms with E-state index in [2.05, 4.69) is 21.2 Å². The Hall–Kier alpha value is -0.250. The van der Waals surface area contributed by atoms with Crippen molar-refractivity contribution >= 4 is 27.5 Å². The molecular formula is C10H11BrClNO. The van der Waals surface area contributed by atoms with E-state index >= 15 is 0 Å². The van der Waals surface area contributed by atoms with Gasteiger partial charge in [0.05, 0.1) is 11.1 Å². The monoisotopic (exact) mass is 275 g/mol. The molecule has 0 aliphatic carbocycles. The third-order valence-electron chi connectivity index (χ3n) is 2.49. The van der Waals surface area contributed by atoms with Gasteiger partial charge in [-0.25, -0.2) is 0 Å². The lowest BCUT2D eigenvalue weighted by molar-refractivity contribution is 0.214. The van der Waals surface area contributed by atoms with E-state index in [1.165, 1.54) is 0 Å². The van der Waals surface area contributed by atoms with Crippen molar-refractivity contribution in [1.82, 2.24) is 5.32 Å². The van der Waals surface area contributed by atoms with Crippen molar-refractivity contribution in [2.75, 3.05) is 7.05 Å². The lowest BCUT2D eigenvalue weighted by Gasteiger charge is -2.13. The van der Waals surface area contributed by atoms with Crippen LogP contribution in [0, 0.1) is 0 Å². The van der Waals surface area contributed by atoms with E-state index in [0.717, 1.165) is 15.8 Å². The van der Waals surface area contributed by atoms with Crippen LogP contribution in [0.2, 0.25) is 5.02 Å². The van der Waals surface area contributed by atoms with Crippen molar-refractivity contribution in [3.8, 4) is 5.75 Å². The molecule has 14 heavy (non-hydrogen) atoms. The molecule has 2 atom stereocenters. The Labute approximate surface area is 96.7 Å². The van der Waals surface area contributed by atoms with Crippen LogP contribution >= 0.6 is 27.5 Å². The lowest BCUT2D eigenvalue weighted by atomic mass is 10.1. The molecule has 2 rings (SSSR count). The van der Waals surface area contributed by atoms with E-state index < -0.39 is 0 Å². The van der Waals surface area contributed by atoms with E-state index in [1.54, 1.807) is 0 Å². The summed E-state index contributed by atoms with van der Waals surface area (Å²) in [7, 11) is 1.92. The molecule has 0 bridgehead atoms. The standard InChI is InChI=1S/C10H11BrClNO/c1-5-9(13-2)8-6(11)3-4-7(12)10(8)14-5/h3-5,9,13H,1-2H3. The molecule has 0 aromatic heterocycles.